The molecule has 2 atom stereocenters. The molecule has 0 aromatic rings. The highest BCUT2D eigenvalue weighted by atomic mass is 35.7. The van der Waals surface area contributed by atoms with Crippen LogP contribution in [0, 0.1) is 11.8 Å². The van der Waals surface area contributed by atoms with E-state index >= 15 is 0 Å². The van der Waals surface area contributed by atoms with Gasteiger partial charge >= 0.3 is 0 Å². The van der Waals surface area contributed by atoms with Crippen LogP contribution < -0.4 is 0 Å². The zero-order valence-electron chi connectivity index (χ0n) is 10.4. The minimum absolute atomic E-state index is 0.723. The Morgan fingerprint density at radius 2 is 2.29 bits per heavy atom. The van der Waals surface area contributed by atoms with Gasteiger partial charge in [0.15, 0.2) is 0 Å². The molecule has 0 aromatic carbocycles. The molecule has 0 spiro atoms. The number of rotatable bonds is 5. The predicted molar refractivity (Wildman–Crippen MR) is 79.9 cm³/mol. The van der Waals surface area contributed by atoms with Gasteiger partial charge in [0.05, 0.1) is 0 Å². The largest absolute Gasteiger partial charge is 0.255 e. The summed E-state index contributed by atoms with van der Waals surface area (Å²) in [4.78, 5) is 0. The van der Waals surface area contributed by atoms with Crippen LogP contribution in [0.1, 0.15) is 26.2 Å². The van der Waals surface area contributed by atoms with Crippen LogP contribution in [-0.4, -0.2) is 6.69 Å². The van der Waals surface area contributed by atoms with Crippen LogP contribution >= 0.6 is 22.2 Å². The van der Waals surface area contributed by atoms with Crippen LogP contribution in [0.5, 0.6) is 0 Å². The lowest BCUT2D eigenvalue weighted by Gasteiger charge is -2.19. The fourth-order valence-corrected chi connectivity index (χ4v) is 5.59. The zero-order valence-corrected chi connectivity index (χ0v) is 12.9. The van der Waals surface area contributed by atoms with Crippen molar-refractivity contribution in [1.82, 2.24) is 0 Å². The third kappa shape index (κ3) is 3.07. The third-order valence-corrected chi connectivity index (χ3v) is 7.96. The average molecular weight is 287 g/mol. The first-order chi connectivity index (χ1) is 8.05. The number of fused-ring (bicyclic) bond motifs is 2. The molecule has 17 heavy (non-hydrogen) atoms. The SMILES string of the molecule is C=CC[Si](Cl)(Cl)CCC1=CC2CC1CC2=CC. The molecule has 0 amide bonds. The molecule has 0 nitrogen and oxygen atoms in total. The fourth-order valence-electron chi connectivity index (χ4n) is 3.09. The molecule has 2 aliphatic rings. The molecule has 2 rings (SSSR count). The van der Waals surface area contributed by atoms with E-state index in [0.29, 0.717) is 0 Å². The van der Waals surface area contributed by atoms with Gasteiger partial charge in [-0.15, -0.1) is 28.7 Å². The van der Waals surface area contributed by atoms with Gasteiger partial charge < -0.3 is 0 Å². The normalized spacial score (nSPS) is 29.8. The van der Waals surface area contributed by atoms with Gasteiger partial charge in [-0.3, -0.25) is 0 Å². The van der Waals surface area contributed by atoms with Crippen molar-refractivity contribution in [2.45, 2.75) is 38.3 Å². The standard InChI is InChI=1S/C14H20Cl2Si/c1-3-6-17(15,16)7-5-12-9-13-10-14(12)8-11(13)4-2/h3-4,9,13-14H,1,5-8,10H2,2H3. The van der Waals surface area contributed by atoms with Gasteiger partial charge in [0, 0.05) is 0 Å². The average Bonchev–Trinajstić information content (AvgIpc) is 2.85. The Hall–Kier alpha value is 0.0169. The second-order valence-electron chi connectivity index (χ2n) is 5.20. The predicted octanol–water partition coefficient (Wildman–Crippen LogP) is 5.39. The van der Waals surface area contributed by atoms with Gasteiger partial charge in [0.25, 0.3) is 6.69 Å². The van der Waals surface area contributed by atoms with Crippen molar-refractivity contribution >= 4 is 28.9 Å². The topological polar surface area (TPSA) is 0 Å². The van der Waals surface area contributed by atoms with E-state index in [1.54, 1.807) is 11.1 Å². The summed E-state index contributed by atoms with van der Waals surface area (Å²) in [6, 6.07) is 1.78. The highest BCUT2D eigenvalue weighted by Crippen LogP contribution is 2.49. The molecule has 2 bridgehead atoms. The summed E-state index contributed by atoms with van der Waals surface area (Å²) >= 11 is 12.7. The van der Waals surface area contributed by atoms with Crippen molar-refractivity contribution in [1.29, 1.82) is 0 Å². The summed E-state index contributed by atoms with van der Waals surface area (Å²) in [5.41, 5.74) is 3.24. The van der Waals surface area contributed by atoms with Crippen LogP contribution in [0.15, 0.2) is 36.0 Å². The van der Waals surface area contributed by atoms with Crippen molar-refractivity contribution in [3.63, 3.8) is 0 Å². The van der Waals surface area contributed by atoms with E-state index in [-0.39, 0.29) is 0 Å². The lowest BCUT2D eigenvalue weighted by Crippen LogP contribution is -2.18. The first-order valence-electron chi connectivity index (χ1n) is 6.40. The van der Waals surface area contributed by atoms with Crippen molar-refractivity contribution in [2.24, 2.45) is 11.8 Å². The monoisotopic (exact) mass is 286 g/mol. The molecule has 2 unspecified atom stereocenters. The van der Waals surface area contributed by atoms with Crippen LogP contribution in [0.2, 0.25) is 12.1 Å². The van der Waals surface area contributed by atoms with Crippen molar-refractivity contribution < 1.29 is 0 Å². The summed E-state index contributed by atoms with van der Waals surface area (Å²) in [5, 5.41) is 0. The van der Waals surface area contributed by atoms with E-state index < -0.39 is 6.69 Å². The van der Waals surface area contributed by atoms with Crippen LogP contribution in [0.4, 0.5) is 0 Å². The number of hydrogen-bond acceptors (Lipinski definition) is 0. The number of halogens is 2. The summed E-state index contributed by atoms with van der Waals surface area (Å²) in [5.74, 6) is 1.51. The van der Waals surface area contributed by atoms with E-state index in [9.17, 15) is 0 Å². The van der Waals surface area contributed by atoms with Gasteiger partial charge in [0.1, 0.15) is 0 Å². The second-order valence-corrected chi connectivity index (χ2v) is 12.7. The summed E-state index contributed by atoms with van der Waals surface area (Å²) in [6.07, 6.45) is 10.3. The van der Waals surface area contributed by atoms with E-state index in [1.807, 2.05) is 6.08 Å². The quantitative estimate of drug-likeness (QED) is 0.361. The van der Waals surface area contributed by atoms with Crippen molar-refractivity contribution in [2.75, 3.05) is 0 Å². The number of hydrogen-bond donors (Lipinski definition) is 0. The Morgan fingerprint density at radius 1 is 1.53 bits per heavy atom. The molecule has 3 heteroatoms. The first kappa shape index (κ1) is 13.4. The Morgan fingerprint density at radius 3 is 2.82 bits per heavy atom. The Balaban J connectivity index is 1.91. The van der Waals surface area contributed by atoms with E-state index in [2.05, 4.69) is 25.7 Å². The van der Waals surface area contributed by atoms with Gasteiger partial charge in [-0.2, -0.15) is 0 Å². The van der Waals surface area contributed by atoms with Crippen LogP contribution in [0.25, 0.3) is 0 Å². The molecule has 1 fully saturated rings. The Kier molecular flexibility index (Phi) is 4.22. The highest BCUT2D eigenvalue weighted by molar-refractivity contribution is 7.45. The fraction of sp³-hybridized carbons (Fsp3) is 0.571. The molecule has 2 aliphatic carbocycles. The zero-order chi connectivity index (χ0) is 12.5. The van der Waals surface area contributed by atoms with Crippen LogP contribution in [0.3, 0.4) is 0 Å². The summed E-state index contributed by atoms with van der Waals surface area (Å²) < 4.78 is 0. The lowest BCUT2D eigenvalue weighted by atomic mass is 9.93. The Bertz CT molecular complexity index is 368. The van der Waals surface area contributed by atoms with Gasteiger partial charge in [0.2, 0.25) is 0 Å². The molecule has 0 heterocycles. The molecule has 0 aromatic heterocycles. The minimum atomic E-state index is -2.05. The molecule has 1 saturated carbocycles. The number of allylic oxidation sites excluding steroid dienone is 5. The highest BCUT2D eigenvalue weighted by Gasteiger charge is 2.37. The van der Waals surface area contributed by atoms with Crippen LogP contribution in [-0.2, 0) is 0 Å². The molecule has 0 radical (unpaired) electrons. The molecule has 0 saturated heterocycles. The van der Waals surface area contributed by atoms with Gasteiger partial charge in [-0.1, -0.05) is 29.4 Å². The van der Waals surface area contributed by atoms with Crippen molar-refractivity contribution in [3.05, 3.63) is 36.0 Å². The molecule has 94 valence electrons. The third-order valence-electron chi connectivity index (χ3n) is 4.03. The molecule has 0 aliphatic heterocycles. The smallest absolute Gasteiger partial charge is 0.146 e. The summed E-state index contributed by atoms with van der Waals surface area (Å²) in [7, 11) is 0. The van der Waals surface area contributed by atoms with Crippen molar-refractivity contribution in [3.8, 4) is 0 Å². The second kappa shape index (κ2) is 5.34. The lowest BCUT2D eigenvalue weighted by molar-refractivity contribution is 0.644. The Labute approximate surface area is 115 Å². The maximum Gasteiger partial charge on any atom is 0.255 e. The van der Waals surface area contributed by atoms with Gasteiger partial charge in [-0.05, 0) is 50.1 Å². The molecule has 0 N–H and O–H groups in total. The van der Waals surface area contributed by atoms with E-state index in [4.69, 9.17) is 22.2 Å². The van der Waals surface area contributed by atoms with E-state index in [0.717, 1.165) is 30.3 Å². The summed E-state index contributed by atoms with van der Waals surface area (Å²) in [6.45, 7) is 3.83. The van der Waals surface area contributed by atoms with E-state index in [1.165, 1.54) is 12.8 Å². The molecular formula is C14H20Cl2Si. The van der Waals surface area contributed by atoms with Gasteiger partial charge in [-0.25, -0.2) is 0 Å². The first-order valence-corrected chi connectivity index (χ1v) is 10.8. The maximum atomic E-state index is 6.37. The molecular weight excluding hydrogens is 267 g/mol. The maximum absolute atomic E-state index is 6.37. The minimum Gasteiger partial charge on any atom is -0.146 e.